The lowest BCUT2D eigenvalue weighted by molar-refractivity contribution is 0.484. The van der Waals surface area contributed by atoms with E-state index in [0.717, 1.165) is 12.5 Å². The summed E-state index contributed by atoms with van der Waals surface area (Å²) >= 11 is 0. The fraction of sp³-hybridized carbons (Fsp3) is 0.364. The van der Waals surface area contributed by atoms with Crippen LogP contribution in [-0.4, -0.2) is 12.3 Å². The first-order valence-electron chi connectivity index (χ1n) is 4.79. The quantitative estimate of drug-likeness (QED) is 0.636. The maximum Gasteiger partial charge on any atom is 0.168 e. The van der Waals surface area contributed by atoms with Gasteiger partial charge in [0.2, 0.25) is 0 Å². The normalized spacial score (nSPS) is 15.6. The maximum absolute atomic E-state index is 13.5. The van der Waals surface area contributed by atoms with Crippen molar-refractivity contribution in [3.8, 4) is 0 Å². The van der Waals surface area contributed by atoms with Gasteiger partial charge in [-0.05, 0) is 25.8 Å². The Bertz CT molecular complexity index is 438. The molecule has 0 amide bonds. The zero-order valence-electron chi connectivity index (χ0n) is 8.28. The molecule has 1 aliphatic rings. The summed E-state index contributed by atoms with van der Waals surface area (Å²) in [4.78, 5) is 4.02. The van der Waals surface area contributed by atoms with Crippen LogP contribution >= 0.6 is 0 Å². The van der Waals surface area contributed by atoms with E-state index in [-0.39, 0.29) is 11.1 Å². The molecule has 80 valence electrons. The molecule has 0 spiro atoms. The molecule has 1 nitrogen and oxygen atoms in total. The van der Waals surface area contributed by atoms with Gasteiger partial charge in [0.05, 0.1) is 0 Å². The molecule has 1 heterocycles. The summed E-state index contributed by atoms with van der Waals surface area (Å²) in [6.45, 7) is 1.82. The second-order valence-corrected chi connectivity index (χ2v) is 3.59. The monoisotopic (exact) mass is 213 g/mol. The SMILES string of the molecule is Cc1c(F)cc(C2=NCCC2)c(F)c1F. The predicted molar refractivity (Wildman–Crippen MR) is 51.7 cm³/mol. The Balaban J connectivity index is 2.57. The van der Waals surface area contributed by atoms with E-state index in [4.69, 9.17) is 0 Å². The number of nitrogens with zero attached hydrogens (tertiary/aromatic N) is 1. The minimum atomic E-state index is -1.11. The van der Waals surface area contributed by atoms with E-state index in [1.165, 1.54) is 6.92 Å². The van der Waals surface area contributed by atoms with Gasteiger partial charge in [-0.2, -0.15) is 0 Å². The van der Waals surface area contributed by atoms with Crippen molar-refractivity contribution in [2.45, 2.75) is 19.8 Å². The van der Waals surface area contributed by atoms with Crippen LogP contribution in [-0.2, 0) is 0 Å². The third kappa shape index (κ3) is 1.64. The highest BCUT2D eigenvalue weighted by molar-refractivity contribution is 6.01. The van der Waals surface area contributed by atoms with Crippen LogP contribution in [0.25, 0.3) is 0 Å². The average Bonchev–Trinajstić information content (AvgIpc) is 2.73. The van der Waals surface area contributed by atoms with Crippen LogP contribution < -0.4 is 0 Å². The Kier molecular flexibility index (Phi) is 2.50. The lowest BCUT2D eigenvalue weighted by atomic mass is 10.0. The Morgan fingerprint density at radius 3 is 2.53 bits per heavy atom. The molecule has 15 heavy (non-hydrogen) atoms. The summed E-state index contributed by atoms with van der Waals surface area (Å²) in [5, 5.41) is 0. The van der Waals surface area contributed by atoms with Gasteiger partial charge in [-0.15, -0.1) is 0 Å². The molecule has 0 radical (unpaired) electrons. The van der Waals surface area contributed by atoms with Crippen LogP contribution in [0, 0.1) is 24.4 Å². The van der Waals surface area contributed by atoms with Gasteiger partial charge in [0, 0.05) is 23.4 Å². The van der Waals surface area contributed by atoms with Gasteiger partial charge in [0.15, 0.2) is 11.6 Å². The first-order valence-corrected chi connectivity index (χ1v) is 4.79. The zero-order chi connectivity index (χ0) is 11.0. The van der Waals surface area contributed by atoms with Crippen molar-refractivity contribution in [1.82, 2.24) is 0 Å². The highest BCUT2D eigenvalue weighted by atomic mass is 19.2. The van der Waals surface area contributed by atoms with Gasteiger partial charge in [-0.25, -0.2) is 13.2 Å². The smallest absolute Gasteiger partial charge is 0.168 e. The summed E-state index contributed by atoms with van der Waals surface area (Å²) < 4.78 is 39.9. The van der Waals surface area contributed by atoms with Crippen LogP contribution in [0.15, 0.2) is 11.1 Å². The van der Waals surface area contributed by atoms with Crippen molar-refractivity contribution >= 4 is 5.71 Å². The molecule has 0 fully saturated rings. The topological polar surface area (TPSA) is 12.4 Å². The minimum absolute atomic E-state index is 0.0342. The molecular weight excluding hydrogens is 203 g/mol. The highest BCUT2D eigenvalue weighted by Crippen LogP contribution is 2.22. The zero-order valence-corrected chi connectivity index (χ0v) is 8.28. The average molecular weight is 213 g/mol. The molecule has 0 bridgehead atoms. The van der Waals surface area contributed by atoms with Crippen LogP contribution in [0.2, 0.25) is 0 Å². The Morgan fingerprint density at radius 2 is 1.93 bits per heavy atom. The molecule has 0 N–H and O–H groups in total. The van der Waals surface area contributed by atoms with Crippen molar-refractivity contribution in [2.24, 2.45) is 4.99 Å². The lowest BCUT2D eigenvalue weighted by Gasteiger charge is -2.06. The number of benzene rings is 1. The van der Waals surface area contributed by atoms with Crippen molar-refractivity contribution in [3.05, 3.63) is 34.6 Å². The van der Waals surface area contributed by atoms with Gasteiger partial charge >= 0.3 is 0 Å². The predicted octanol–water partition coefficient (Wildman–Crippen LogP) is 3.00. The highest BCUT2D eigenvalue weighted by Gasteiger charge is 2.20. The van der Waals surface area contributed by atoms with E-state index in [2.05, 4.69) is 4.99 Å². The van der Waals surface area contributed by atoms with E-state index >= 15 is 0 Å². The Labute approximate surface area is 85.6 Å². The fourth-order valence-electron chi connectivity index (χ4n) is 1.66. The van der Waals surface area contributed by atoms with Crippen LogP contribution in [0.5, 0.6) is 0 Å². The van der Waals surface area contributed by atoms with Crippen LogP contribution in [0.1, 0.15) is 24.0 Å². The van der Waals surface area contributed by atoms with E-state index < -0.39 is 17.5 Å². The molecule has 0 atom stereocenters. The molecular formula is C11H10F3N. The van der Waals surface area contributed by atoms with Gasteiger partial charge < -0.3 is 0 Å². The molecule has 0 unspecified atom stereocenters. The fourth-order valence-corrected chi connectivity index (χ4v) is 1.66. The first-order chi connectivity index (χ1) is 7.11. The first kappa shape index (κ1) is 10.2. The van der Waals surface area contributed by atoms with Crippen molar-refractivity contribution in [1.29, 1.82) is 0 Å². The van der Waals surface area contributed by atoms with Crippen molar-refractivity contribution < 1.29 is 13.2 Å². The van der Waals surface area contributed by atoms with E-state index in [1.807, 2.05) is 0 Å². The molecule has 1 aromatic rings. The van der Waals surface area contributed by atoms with Gasteiger partial charge in [0.1, 0.15) is 5.82 Å². The third-order valence-electron chi connectivity index (χ3n) is 2.57. The van der Waals surface area contributed by atoms with Gasteiger partial charge in [-0.1, -0.05) is 0 Å². The number of rotatable bonds is 1. The van der Waals surface area contributed by atoms with Gasteiger partial charge in [0.25, 0.3) is 0 Å². The molecule has 0 saturated carbocycles. The van der Waals surface area contributed by atoms with Crippen molar-refractivity contribution in [3.63, 3.8) is 0 Å². The molecule has 0 aliphatic carbocycles. The molecule has 1 aromatic carbocycles. The largest absolute Gasteiger partial charge is 0.289 e. The molecule has 2 rings (SSSR count). The van der Waals surface area contributed by atoms with E-state index in [9.17, 15) is 13.2 Å². The summed E-state index contributed by atoms with van der Waals surface area (Å²) in [6, 6.07) is 1.03. The third-order valence-corrected chi connectivity index (χ3v) is 2.57. The number of halogens is 3. The second kappa shape index (κ2) is 3.68. The molecule has 0 saturated heterocycles. The molecule has 1 aliphatic heterocycles. The maximum atomic E-state index is 13.5. The number of hydrogen-bond acceptors (Lipinski definition) is 1. The lowest BCUT2D eigenvalue weighted by Crippen LogP contribution is -2.06. The minimum Gasteiger partial charge on any atom is -0.289 e. The van der Waals surface area contributed by atoms with Crippen LogP contribution in [0.3, 0.4) is 0 Å². The van der Waals surface area contributed by atoms with Crippen molar-refractivity contribution in [2.75, 3.05) is 6.54 Å². The Morgan fingerprint density at radius 1 is 1.20 bits per heavy atom. The van der Waals surface area contributed by atoms with Gasteiger partial charge in [-0.3, -0.25) is 4.99 Å². The van der Waals surface area contributed by atoms with Crippen LogP contribution in [0.4, 0.5) is 13.2 Å². The molecule has 4 heteroatoms. The number of hydrogen-bond donors (Lipinski definition) is 0. The second-order valence-electron chi connectivity index (χ2n) is 3.59. The van der Waals surface area contributed by atoms with E-state index in [1.54, 1.807) is 0 Å². The molecule has 0 aromatic heterocycles. The summed E-state index contributed by atoms with van der Waals surface area (Å²) in [6.07, 6.45) is 1.39. The summed E-state index contributed by atoms with van der Waals surface area (Å²) in [7, 11) is 0. The summed E-state index contributed by atoms with van der Waals surface area (Å²) in [5.74, 6) is -2.83. The Hall–Kier alpha value is -1.32. The van der Waals surface area contributed by atoms with E-state index in [0.29, 0.717) is 18.7 Å². The number of aliphatic imine (C=N–C) groups is 1. The standard InChI is InChI=1S/C11H10F3N/c1-6-8(12)5-7(11(14)10(6)13)9-3-2-4-15-9/h5H,2-4H2,1H3. The summed E-state index contributed by atoms with van der Waals surface area (Å²) in [5.41, 5.74) is 0.147.